The number of H-pyrrole nitrogens is 1. The standard InChI is InChI=1S/C24H27NO5/c1-16(17-4-7-20-18(14-17)5-9-23(26)25-20)30-21-8-6-19(15-22(21)27-2)24(28-3)10-12-29-13-11-24/h4-9,14-16H,10-13H2,1-3H3,(H,25,26). The minimum absolute atomic E-state index is 0.109. The predicted octanol–water partition coefficient (Wildman–Crippen LogP) is 4.33. The maximum Gasteiger partial charge on any atom is 0.248 e. The zero-order valence-electron chi connectivity index (χ0n) is 17.6. The van der Waals surface area contributed by atoms with Gasteiger partial charge in [-0.15, -0.1) is 0 Å². The van der Waals surface area contributed by atoms with E-state index in [1.165, 1.54) is 6.07 Å². The predicted molar refractivity (Wildman–Crippen MR) is 115 cm³/mol. The van der Waals surface area contributed by atoms with Gasteiger partial charge in [0.25, 0.3) is 0 Å². The van der Waals surface area contributed by atoms with Crippen molar-refractivity contribution < 1.29 is 18.9 Å². The van der Waals surface area contributed by atoms with Gasteiger partial charge in [-0.1, -0.05) is 12.1 Å². The largest absolute Gasteiger partial charge is 0.493 e. The number of hydrogen-bond donors (Lipinski definition) is 1. The molecular weight excluding hydrogens is 382 g/mol. The topological polar surface area (TPSA) is 69.8 Å². The van der Waals surface area contributed by atoms with Crippen LogP contribution in [-0.4, -0.2) is 32.4 Å². The number of nitrogens with one attached hydrogen (secondary N) is 1. The molecule has 1 aromatic heterocycles. The number of rotatable bonds is 6. The average molecular weight is 409 g/mol. The van der Waals surface area contributed by atoms with Gasteiger partial charge in [-0.05, 0) is 53.8 Å². The van der Waals surface area contributed by atoms with E-state index < -0.39 is 0 Å². The Bertz CT molecular complexity index is 1080. The zero-order chi connectivity index (χ0) is 21.1. The lowest BCUT2D eigenvalue weighted by molar-refractivity contribution is -0.0948. The normalized spacial score (nSPS) is 16.9. The Balaban J connectivity index is 1.59. The molecule has 0 radical (unpaired) electrons. The minimum atomic E-state index is -0.356. The Morgan fingerprint density at radius 1 is 1.00 bits per heavy atom. The lowest BCUT2D eigenvalue weighted by atomic mass is 9.86. The van der Waals surface area contributed by atoms with Gasteiger partial charge in [-0.3, -0.25) is 4.79 Å². The van der Waals surface area contributed by atoms with Crippen molar-refractivity contribution in [3.63, 3.8) is 0 Å². The average Bonchev–Trinajstić information content (AvgIpc) is 2.79. The Hall–Kier alpha value is -2.83. The van der Waals surface area contributed by atoms with Crippen LogP contribution in [0.15, 0.2) is 53.3 Å². The SMILES string of the molecule is COc1cc(C2(OC)CCOCC2)ccc1OC(C)c1ccc2[nH]c(=O)ccc2c1. The van der Waals surface area contributed by atoms with Crippen LogP contribution in [0.2, 0.25) is 0 Å². The highest BCUT2D eigenvalue weighted by Crippen LogP contribution is 2.40. The van der Waals surface area contributed by atoms with Crippen LogP contribution in [0.3, 0.4) is 0 Å². The first-order chi connectivity index (χ1) is 14.5. The molecule has 0 bridgehead atoms. The molecule has 6 heteroatoms. The van der Waals surface area contributed by atoms with Crippen molar-refractivity contribution in [2.45, 2.75) is 31.5 Å². The Morgan fingerprint density at radius 3 is 2.53 bits per heavy atom. The molecule has 158 valence electrons. The van der Waals surface area contributed by atoms with E-state index in [2.05, 4.69) is 4.98 Å². The highest BCUT2D eigenvalue weighted by molar-refractivity contribution is 5.79. The van der Waals surface area contributed by atoms with Crippen molar-refractivity contribution in [2.24, 2.45) is 0 Å². The highest BCUT2D eigenvalue weighted by Gasteiger charge is 2.35. The molecule has 30 heavy (non-hydrogen) atoms. The fraction of sp³-hybridized carbons (Fsp3) is 0.375. The molecular formula is C24H27NO5. The summed E-state index contributed by atoms with van der Waals surface area (Å²) in [6.45, 7) is 3.35. The first kappa shape index (κ1) is 20.4. The third-order valence-electron chi connectivity index (χ3n) is 5.90. The molecule has 2 aromatic carbocycles. The molecule has 1 atom stereocenters. The number of fused-ring (bicyclic) bond motifs is 1. The smallest absolute Gasteiger partial charge is 0.248 e. The molecule has 1 N–H and O–H groups in total. The number of methoxy groups -OCH3 is 2. The van der Waals surface area contributed by atoms with Crippen molar-refractivity contribution >= 4 is 10.9 Å². The molecule has 1 aliphatic heterocycles. The van der Waals surface area contributed by atoms with Gasteiger partial charge in [0.2, 0.25) is 5.56 Å². The van der Waals surface area contributed by atoms with Gasteiger partial charge in [0.1, 0.15) is 6.10 Å². The van der Waals surface area contributed by atoms with Crippen LogP contribution in [0.25, 0.3) is 10.9 Å². The van der Waals surface area contributed by atoms with E-state index >= 15 is 0 Å². The van der Waals surface area contributed by atoms with Crippen LogP contribution in [0.1, 0.15) is 37.0 Å². The van der Waals surface area contributed by atoms with Gasteiger partial charge in [0, 0.05) is 44.7 Å². The van der Waals surface area contributed by atoms with Crippen molar-refractivity contribution in [1.82, 2.24) is 4.98 Å². The van der Waals surface area contributed by atoms with E-state index in [1.807, 2.05) is 49.4 Å². The second-order valence-electron chi connectivity index (χ2n) is 7.61. The Kier molecular flexibility index (Phi) is 5.79. The van der Waals surface area contributed by atoms with E-state index in [9.17, 15) is 4.79 Å². The molecule has 0 aliphatic carbocycles. The van der Waals surface area contributed by atoms with Crippen molar-refractivity contribution in [3.05, 3.63) is 70.0 Å². The summed E-state index contributed by atoms with van der Waals surface area (Å²) in [6, 6.07) is 15.2. The summed E-state index contributed by atoms with van der Waals surface area (Å²) in [5, 5.41) is 0.964. The van der Waals surface area contributed by atoms with Crippen LogP contribution in [-0.2, 0) is 15.1 Å². The number of aromatic nitrogens is 1. The van der Waals surface area contributed by atoms with Crippen molar-refractivity contribution in [2.75, 3.05) is 27.4 Å². The number of pyridine rings is 1. The summed E-state index contributed by atoms with van der Waals surface area (Å²) in [6.07, 6.45) is 1.42. The molecule has 1 fully saturated rings. The number of aromatic amines is 1. The molecule has 1 unspecified atom stereocenters. The van der Waals surface area contributed by atoms with Crippen molar-refractivity contribution in [3.8, 4) is 11.5 Å². The van der Waals surface area contributed by atoms with Crippen LogP contribution < -0.4 is 15.0 Å². The fourth-order valence-electron chi connectivity index (χ4n) is 4.04. The molecule has 0 saturated carbocycles. The van der Waals surface area contributed by atoms with Crippen LogP contribution in [0, 0.1) is 0 Å². The van der Waals surface area contributed by atoms with Gasteiger partial charge in [-0.2, -0.15) is 0 Å². The van der Waals surface area contributed by atoms with Crippen molar-refractivity contribution in [1.29, 1.82) is 0 Å². The quantitative estimate of drug-likeness (QED) is 0.656. The second-order valence-corrected chi connectivity index (χ2v) is 7.61. The summed E-state index contributed by atoms with van der Waals surface area (Å²) in [5.74, 6) is 1.35. The maximum absolute atomic E-state index is 11.5. The molecule has 1 aliphatic rings. The fourth-order valence-corrected chi connectivity index (χ4v) is 4.04. The van der Waals surface area contributed by atoms with Crippen LogP contribution >= 0.6 is 0 Å². The van der Waals surface area contributed by atoms with Crippen LogP contribution in [0.4, 0.5) is 0 Å². The van der Waals surface area contributed by atoms with E-state index in [4.69, 9.17) is 18.9 Å². The summed E-state index contributed by atoms with van der Waals surface area (Å²) in [7, 11) is 3.39. The number of ether oxygens (including phenoxy) is 4. The molecule has 0 spiro atoms. The summed E-state index contributed by atoms with van der Waals surface area (Å²) in [5.41, 5.74) is 2.42. The molecule has 0 amide bonds. The molecule has 1 saturated heterocycles. The third-order valence-corrected chi connectivity index (χ3v) is 5.90. The second kappa shape index (κ2) is 8.50. The first-order valence-electron chi connectivity index (χ1n) is 10.2. The van der Waals surface area contributed by atoms with Gasteiger partial charge >= 0.3 is 0 Å². The monoisotopic (exact) mass is 409 g/mol. The summed E-state index contributed by atoms with van der Waals surface area (Å²) < 4.78 is 23.3. The third kappa shape index (κ3) is 3.93. The van der Waals surface area contributed by atoms with E-state index in [1.54, 1.807) is 14.2 Å². The summed E-state index contributed by atoms with van der Waals surface area (Å²) in [4.78, 5) is 14.3. The van der Waals surface area contributed by atoms with Crippen LogP contribution in [0.5, 0.6) is 11.5 Å². The van der Waals surface area contributed by atoms with E-state index in [-0.39, 0.29) is 17.3 Å². The lowest BCUT2D eigenvalue weighted by Gasteiger charge is -2.36. The van der Waals surface area contributed by atoms with Gasteiger partial charge in [0.15, 0.2) is 11.5 Å². The molecule has 2 heterocycles. The zero-order valence-corrected chi connectivity index (χ0v) is 17.6. The Labute approximate surface area is 175 Å². The maximum atomic E-state index is 11.5. The van der Waals surface area contributed by atoms with E-state index in [0.717, 1.165) is 34.9 Å². The lowest BCUT2D eigenvalue weighted by Crippen LogP contribution is -2.35. The number of hydrogen-bond acceptors (Lipinski definition) is 5. The Morgan fingerprint density at radius 2 is 1.80 bits per heavy atom. The molecule has 4 rings (SSSR count). The van der Waals surface area contributed by atoms with Gasteiger partial charge in [0.05, 0.1) is 12.7 Å². The minimum Gasteiger partial charge on any atom is -0.493 e. The summed E-state index contributed by atoms with van der Waals surface area (Å²) >= 11 is 0. The van der Waals surface area contributed by atoms with Gasteiger partial charge < -0.3 is 23.9 Å². The first-order valence-corrected chi connectivity index (χ1v) is 10.2. The van der Waals surface area contributed by atoms with E-state index in [0.29, 0.717) is 24.7 Å². The number of benzene rings is 2. The van der Waals surface area contributed by atoms with Gasteiger partial charge in [-0.25, -0.2) is 0 Å². The molecule has 3 aromatic rings. The highest BCUT2D eigenvalue weighted by atomic mass is 16.5. The molecule has 6 nitrogen and oxygen atoms in total.